The summed E-state index contributed by atoms with van der Waals surface area (Å²) in [7, 11) is 0. The van der Waals surface area contributed by atoms with Crippen LogP contribution in [0.15, 0.2) is 18.2 Å². The summed E-state index contributed by atoms with van der Waals surface area (Å²) < 4.78 is 0. The molecule has 4 bridgehead atoms. The summed E-state index contributed by atoms with van der Waals surface area (Å²) in [5.74, 6) is 2.69. The van der Waals surface area contributed by atoms with Crippen LogP contribution in [-0.4, -0.2) is 33.5 Å². The molecule has 2 amide bonds. The Hall–Kier alpha value is -2.63. The first-order chi connectivity index (χ1) is 16.3. The first-order valence-electron chi connectivity index (χ1n) is 13.1. The molecule has 2 heterocycles. The molecule has 0 saturated heterocycles. The van der Waals surface area contributed by atoms with Gasteiger partial charge >= 0.3 is 0 Å². The van der Waals surface area contributed by atoms with E-state index in [0.29, 0.717) is 18.5 Å². The van der Waals surface area contributed by atoms with Gasteiger partial charge in [0.1, 0.15) is 0 Å². The van der Waals surface area contributed by atoms with Gasteiger partial charge in [0.15, 0.2) is 0 Å². The fourth-order valence-electron chi connectivity index (χ4n) is 8.40. The van der Waals surface area contributed by atoms with Crippen LogP contribution in [0.1, 0.15) is 90.8 Å². The molecule has 2 N–H and O–H groups in total. The van der Waals surface area contributed by atoms with Gasteiger partial charge in [-0.2, -0.15) is 5.10 Å². The van der Waals surface area contributed by atoms with E-state index in [2.05, 4.69) is 22.4 Å². The number of aromatic amines is 1. The monoisotopic (exact) mass is 460 g/mol. The Morgan fingerprint density at radius 2 is 1.85 bits per heavy atom. The Morgan fingerprint density at radius 3 is 2.47 bits per heavy atom. The van der Waals surface area contributed by atoms with Crippen molar-refractivity contribution in [3.05, 3.63) is 46.3 Å². The lowest BCUT2D eigenvalue weighted by molar-refractivity contribution is -0.124. The first-order valence-corrected chi connectivity index (χ1v) is 13.1. The van der Waals surface area contributed by atoms with Crippen LogP contribution >= 0.6 is 0 Å². The molecule has 7 rings (SSSR count). The van der Waals surface area contributed by atoms with Crippen LogP contribution in [0.4, 0.5) is 5.69 Å². The average molecular weight is 461 g/mol. The summed E-state index contributed by atoms with van der Waals surface area (Å²) in [6.45, 7) is 6.70. The maximum atomic E-state index is 13.5. The normalized spacial score (nSPS) is 30.4. The number of nitrogens with zero attached hydrogens (tertiary/aromatic N) is 2. The summed E-state index contributed by atoms with van der Waals surface area (Å²) in [5, 5.41) is 10.6. The van der Waals surface area contributed by atoms with Gasteiger partial charge in [-0.05, 0) is 107 Å². The molecule has 1 aromatic carbocycles. The van der Waals surface area contributed by atoms with Crippen molar-refractivity contribution in [2.75, 3.05) is 11.9 Å². The minimum atomic E-state index is -0.0475. The lowest BCUT2D eigenvalue weighted by atomic mass is 9.49. The van der Waals surface area contributed by atoms with E-state index < -0.39 is 0 Å². The van der Waals surface area contributed by atoms with Crippen LogP contribution in [-0.2, 0) is 11.2 Å². The predicted octanol–water partition coefficient (Wildman–Crippen LogP) is 5.33. The largest absolute Gasteiger partial charge is 0.331 e. The van der Waals surface area contributed by atoms with Crippen LogP contribution < -0.4 is 5.32 Å². The molecule has 6 heteroatoms. The van der Waals surface area contributed by atoms with Gasteiger partial charge in [0.05, 0.1) is 11.7 Å². The first kappa shape index (κ1) is 21.9. The molecule has 0 spiro atoms. The van der Waals surface area contributed by atoms with Crippen molar-refractivity contribution in [2.24, 2.45) is 23.2 Å². The summed E-state index contributed by atoms with van der Waals surface area (Å²) in [6.07, 6.45) is 9.25. The van der Waals surface area contributed by atoms with E-state index in [1.807, 2.05) is 36.9 Å². The number of rotatable bonds is 5. The van der Waals surface area contributed by atoms with E-state index in [-0.39, 0.29) is 23.3 Å². The highest BCUT2D eigenvalue weighted by atomic mass is 16.2. The minimum absolute atomic E-state index is 0.0333. The van der Waals surface area contributed by atoms with E-state index in [0.717, 1.165) is 52.4 Å². The fraction of sp³-hybridized carbons (Fsp3) is 0.607. The van der Waals surface area contributed by atoms with Crippen molar-refractivity contribution in [1.29, 1.82) is 0 Å². The van der Waals surface area contributed by atoms with Crippen molar-refractivity contribution in [2.45, 2.75) is 78.2 Å². The average Bonchev–Trinajstić information content (AvgIpc) is 3.10. The zero-order valence-electron chi connectivity index (χ0n) is 20.6. The number of fused-ring (bicyclic) bond motifs is 1. The number of hydrogen-bond donors (Lipinski definition) is 2. The number of carbonyl (C=O) groups excluding carboxylic acids is 2. The van der Waals surface area contributed by atoms with Crippen LogP contribution in [0.3, 0.4) is 0 Å². The van der Waals surface area contributed by atoms with E-state index in [9.17, 15) is 9.59 Å². The zero-order chi connectivity index (χ0) is 23.6. The highest BCUT2D eigenvalue weighted by Gasteiger charge is 2.51. The SMILES string of the molecule is Cc1n[nH]c(C)c1C(C)N1CCc2c(NC(=O)CC34CC5CC(CC(C5)C3)C4)cccc2C1=O. The highest BCUT2D eigenvalue weighted by Crippen LogP contribution is 2.61. The van der Waals surface area contributed by atoms with Crippen molar-refractivity contribution in [1.82, 2.24) is 15.1 Å². The predicted molar refractivity (Wildman–Crippen MR) is 132 cm³/mol. The van der Waals surface area contributed by atoms with Gasteiger partial charge in [-0.15, -0.1) is 0 Å². The number of benzene rings is 1. The molecule has 6 nitrogen and oxygen atoms in total. The Kier molecular flexibility index (Phi) is 5.12. The molecule has 1 aliphatic heterocycles. The van der Waals surface area contributed by atoms with Crippen LogP contribution in [0, 0.1) is 37.0 Å². The molecule has 4 fully saturated rings. The lowest BCUT2D eigenvalue weighted by Crippen LogP contribution is -2.47. The number of anilines is 1. The van der Waals surface area contributed by atoms with Crippen LogP contribution in [0.2, 0.25) is 0 Å². The van der Waals surface area contributed by atoms with Crippen molar-refractivity contribution < 1.29 is 9.59 Å². The number of aromatic nitrogens is 2. The summed E-state index contributed by atoms with van der Waals surface area (Å²) in [5.41, 5.74) is 5.78. The number of H-pyrrole nitrogens is 1. The van der Waals surface area contributed by atoms with Crippen LogP contribution in [0.5, 0.6) is 0 Å². The molecule has 0 radical (unpaired) electrons. The smallest absolute Gasteiger partial charge is 0.254 e. The number of hydrogen-bond acceptors (Lipinski definition) is 3. The number of nitrogens with one attached hydrogen (secondary N) is 2. The van der Waals surface area contributed by atoms with Crippen LogP contribution in [0.25, 0.3) is 0 Å². The maximum Gasteiger partial charge on any atom is 0.254 e. The fourth-order valence-corrected chi connectivity index (χ4v) is 8.40. The van der Waals surface area contributed by atoms with Crippen molar-refractivity contribution in [3.63, 3.8) is 0 Å². The number of aryl methyl sites for hydroxylation is 2. The van der Waals surface area contributed by atoms with Gasteiger partial charge in [-0.1, -0.05) is 6.07 Å². The quantitative estimate of drug-likeness (QED) is 0.633. The van der Waals surface area contributed by atoms with Gasteiger partial charge in [0, 0.05) is 35.5 Å². The number of amides is 2. The second-order valence-corrected chi connectivity index (χ2v) is 11.7. The summed E-state index contributed by atoms with van der Waals surface area (Å²) >= 11 is 0. The molecule has 180 valence electrons. The van der Waals surface area contributed by atoms with Gasteiger partial charge in [-0.3, -0.25) is 14.7 Å². The maximum absolute atomic E-state index is 13.5. The van der Waals surface area contributed by atoms with Gasteiger partial charge < -0.3 is 10.2 Å². The lowest BCUT2D eigenvalue weighted by Gasteiger charge is -2.56. The topological polar surface area (TPSA) is 78.1 Å². The standard InChI is InChI=1S/C28H36N4O2/c1-16-26(17(2)31-30-16)18(3)32-8-7-22-23(27(32)34)5-4-6-24(22)29-25(33)15-28-12-19-9-20(13-28)11-21(10-19)14-28/h4-6,18-21H,7-15H2,1-3H3,(H,29,33)(H,30,31). The number of carbonyl (C=O) groups is 2. The highest BCUT2D eigenvalue weighted by molar-refractivity contribution is 6.00. The second-order valence-electron chi connectivity index (χ2n) is 11.7. The van der Waals surface area contributed by atoms with E-state index >= 15 is 0 Å². The second kappa shape index (κ2) is 7.96. The molecule has 1 atom stereocenters. The summed E-state index contributed by atoms with van der Waals surface area (Å²) in [6, 6.07) is 5.72. The molecular weight excluding hydrogens is 424 g/mol. The molecule has 5 aliphatic rings. The van der Waals surface area contributed by atoms with Crippen molar-refractivity contribution in [3.8, 4) is 0 Å². The Labute approximate surface area is 201 Å². The third kappa shape index (κ3) is 3.57. The Morgan fingerprint density at radius 1 is 1.18 bits per heavy atom. The Bertz CT molecular complexity index is 1090. The van der Waals surface area contributed by atoms with Crippen molar-refractivity contribution >= 4 is 17.5 Å². The molecule has 2 aromatic rings. The third-order valence-corrected chi connectivity index (χ3v) is 9.32. The van der Waals surface area contributed by atoms with E-state index in [1.54, 1.807) is 0 Å². The molecule has 4 aliphatic carbocycles. The molecule has 34 heavy (non-hydrogen) atoms. The zero-order valence-corrected chi connectivity index (χ0v) is 20.6. The van der Waals surface area contributed by atoms with E-state index in [1.165, 1.54) is 38.5 Å². The van der Waals surface area contributed by atoms with Gasteiger partial charge in [0.25, 0.3) is 5.91 Å². The molecule has 1 unspecified atom stereocenters. The minimum Gasteiger partial charge on any atom is -0.331 e. The van der Waals surface area contributed by atoms with Gasteiger partial charge in [-0.25, -0.2) is 0 Å². The Balaban J connectivity index is 1.19. The third-order valence-electron chi connectivity index (χ3n) is 9.32. The molecular formula is C28H36N4O2. The molecule has 1 aromatic heterocycles. The molecule has 4 saturated carbocycles. The summed E-state index contributed by atoms with van der Waals surface area (Å²) in [4.78, 5) is 28.7. The van der Waals surface area contributed by atoms with E-state index in [4.69, 9.17) is 0 Å². The van der Waals surface area contributed by atoms with Gasteiger partial charge in [0.2, 0.25) is 5.91 Å².